The molecule has 1 rings (SSSR count). The number of unbranched alkanes of at least 4 members (excludes halogenated alkanes) is 1. The highest BCUT2D eigenvalue weighted by Crippen LogP contribution is 2.10. The SMILES string of the molecule is CCCC[C@H](CC)OC(=O)Cc1ccccc1. The Morgan fingerprint density at radius 2 is 1.94 bits per heavy atom. The zero-order valence-corrected chi connectivity index (χ0v) is 10.8. The molecule has 1 aromatic rings. The van der Waals surface area contributed by atoms with Gasteiger partial charge in [0.2, 0.25) is 0 Å². The standard InChI is InChI=1S/C15H22O2/c1-3-5-11-14(4-2)17-15(16)12-13-9-7-6-8-10-13/h6-10,14H,3-5,11-12H2,1-2H3/t14-/m0/s1. The van der Waals surface area contributed by atoms with Gasteiger partial charge in [0, 0.05) is 0 Å². The van der Waals surface area contributed by atoms with Gasteiger partial charge >= 0.3 is 5.97 Å². The summed E-state index contributed by atoms with van der Waals surface area (Å²) in [4.78, 5) is 11.7. The average Bonchev–Trinajstić information content (AvgIpc) is 2.35. The van der Waals surface area contributed by atoms with E-state index in [4.69, 9.17) is 4.74 Å². The minimum absolute atomic E-state index is 0.0890. The summed E-state index contributed by atoms with van der Waals surface area (Å²) < 4.78 is 5.47. The van der Waals surface area contributed by atoms with Gasteiger partial charge in [-0.1, -0.05) is 57.0 Å². The van der Waals surface area contributed by atoms with Gasteiger partial charge in [0.15, 0.2) is 0 Å². The van der Waals surface area contributed by atoms with Crippen molar-refractivity contribution in [1.82, 2.24) is 0 Å². The minimum atomic E-state index is -0.112. The van der Waals surface area contributed by atoms with Gasteiger partial charge in [0.05, 0.1) is 6.42 Å². The lowest BCUT2D eigenvalue weighted by Gasteiger charge is -2.15. The van der Waals surface area contributed by atoms with Crippen molar-refractivity contribution in [3.05, 3.63) is 35.9 Å². The zero-order valence-electron chi connectivity index (χ0n) is 10.8. The van der Waals surface area contributed by atoms with Crippen LogP contribution in [0.2, 0.25) is 0 Å². The fourth-order valence-corrected chi connectivity index (χ4v) is 1.77. The quantitative estimate of drug-likeness (QED) is 0.672. The van der Waals surface area contributed by atoms with E-state index in [0.717, 1.165) is 31.2 Å². The smallest absolute Gasteiger partial charge is 0.310 e. The van der Waals surface area contributed by atoms with E-state index in [-0.39, 0.29) is 12.1 Å². The molecular formula is C15H22O2. The van der Waals surface area contributed by atoms with Crippen molar-refractivity contribution in [2.75, 3.05) is 0 Å². The summed E-state index contributed by atoms with van der Waals surface area (Å²) in [6, 6.07) is 9.74. The van der Waals surface area contributed by atoms with Crippen LogP contribution in [-0.4, -0.2) is 12.1 Å². The Balaban J connectivity index is 2.37. The normalized spacial score (nSPS) is 12.1. The summed E-state index contributed by atoms with van der Waals surface area (Å²) in [6.45, 7) is 4.22. The monoisotopic (exact) mass is 234 g/mol. The van der Waals surface area contributed by atoms with Crippen LogP contribution in [0, 0.1) is 0 Å². The summed E-state index contributed by atoms with van der Waals surface area (Å²) in [5.41, 5.74) is 1.02. The number of hydrogen-bond acceptors (Lipinski definition) is 2. The van der Waals surface area contributed by atoms with Crippen LogP contribution in [0.15, 0.2) is 30.3 Å². The molecule has 0 aromatic heterocycles. The van der Waals surface area contributed by atoms with E-state index in [0.29, 0.717) is 6.42 Å². The molecule has 0 bridgehead atoms. The Morgan fingerprint density at radius 1 is 1.24 bits per heavy atom. The molecule has 0 radical (unpaired) electrons. The van der Waals surface area contributed by atoms with E-state index >= 15 is 0 Å². The van der Waals surface area contributed by atoms with E-state index in [1.165, 1.54) is 0 Å². The molecule has 0 heterocycles. The molecule has 2 heteroatoms. The number of carbonyl (C=O) groups is 1. The van der Waals surface area contributed by atoms with Gasteiger partial charge in [0.1, 0.15) is 6.10 Å². The van der Waals surface area contributed by atoms with Gasteiger partial charge in [-0.3, -0.25) is 4.79 Å². The molecule has 0 aliphatic carbocycles. The van der Waals surface area contributed by atoms with Crippen molar-refractivity contribution < 1.29 is 9.53 Å². The molecule has 0 saturated carbocycles. The third-order valence-electron chi connectivity index (χ3n) is 2.82. The van der Waals surface area contributed by atoms with Crippen molar-refractivity contribution >= 4 is 5.97 Å². The van der Waals surface area contributed by atoms with Crippen molar-refractivity contribution in [2.45, 2.75) is 52.1 Å². The predicted octanol–water partition coefficient (Wildman–Crippen LogP) is 3.74. The maximum absolute atomic E-state index is 11.7. The summed E-state index contributed by atoms with van der Waals surface area (Å²) in [5.74, 6) is -0.112. The van der Waals surface area contributed by atoms with Crippen molar-refractivity contribution in [3.8, 4) is 0 Å². The molecular weight excluding hydrogens is 212 g/mol. The lowest BCUT2D eigenvalue weighted by molar-refractivity contribution is -0.148. The van der Waals surface area contributed by atoms with Crippen LogP contribution < -0.4 is 0 Å². The number of benzene rings is 1. The van der Waals surface area contributed by atoms with Crippen LogP contribution in [0.4, 0.5) is 0 Å². The molecule has 0 fully saturated rings. The summed E-state index contributed by atoms with van der Waals surface area (Å²) in [6.07, 6.45) is 4.62. The Bertz CT molecular complexity index is 319. The maximum Gasteiger partial charge on any atom is 0.310 e. The molecule has 1 aromatic carbocycles. The predicted molar refractivity (Wildman–Crippen MR) is 69.8 cm³/mol. The molecule has 1 atom stereocenters. The third-order valence-corrected chi connectivity index (χ3v) is 2.82. The summed E-state index contributed by atoms with van der Waals surface area (Å²) in [5, 5.41) is 0. The Kier molecular flexibility index (Phi) is 6.38. The lowest BCUT2D eigenvalue weighted by Crippen LogP contribution is -2.18. The number of rotatable bonds is 7. The number of ether oxygens (including phenoxy) is 1. The Labute approximate surface area is 104 Å². The Hall–Kier alpha value is -1.31. The number of hydrogen-bond donors (Lipinski definition) is 0. The molecule has 2 nitrogen and oxygen atoms in total. The highest BCUT2D eigenvalue weighted by Gasteiger charge is 2.12. The van der Waals surface area contributed by atoms with Crippen LogP contribution in [0.3, 0.4) is 0 Å². The van der Waals surface area contributed by atoms with Gasteiger partial charge in [-0.25, -0.2) is 0 Å². The van der Waals surface area contributed by atoms with Gasteiger partial charge in [-0.15, -0.1) is 0 Å². The van der Waals surface area contributed by atoms with E-state index in [9.17, 15) is 4.79 Å². The lowest BCUT2D eigenvalue weighted by atomic mass is 10.1. The van der Waals surface area contributed by atoms with Crippen molar-refractivity contribution in [2.24, 2.45) is 0 Å². The fraction of sp³-hybridized carbons (Fsp3) is 0.533. The third kappa shape index (κ3) is 5.53. The first kappa shape index (κ1) is 13.8. The van der Waals surface area contributed by atoms with E-state index in [2.05, 4.69) is 13.8 Å². The first-order valence-electron chi connectivity index (χ1n) is 6.49. The van der Waals surface area contributed by atoms with Crippen molar-refractivity contribution in [1.29, 1.82) is 0 Å². The van der Waals surface area contributed by atoms with E-state index in [1.54, 1.807) is 0 Å². The van der Waals surface area contributed by atoms with Crippen LogP contribution in [0.1, 0.15) is 45.1 Å². The highest BCUT2D eigenvalue weighted by atomic mass is 16.5. The fourth-order valence-electron chi connectivity index (χ4n) is 1.77. The Morgan fingerprint density at radius 3 is 2.53 bits per heavy atom. The molecule has 0 spiro atoms. The molecule has 0 saturated heterocycles. The zero-order chi connectivity index (χ0) is 12.5. The molecule has 0 aliphatic heterocycles. The topological polar surface area (TPSA) is 26.3 Å². The molecule has 0 amide bonds. The van der Waals surface area contributed by atoms with Crippen LogP contribution in [0.5, 0.6) is 0 Å². The molecule has 0 aliphatic rings. The first-order valence-corrected chi connectivity index (χ1v) is 6.49. The van der Waals surface area contributed by atoms with Gasteiger partial charge in [-0.2, -0.15) is 0 Å². The molecule has 0 N–H and O–H groups in total. The molecule has 94 valence electrons. The summed E-state index contributed by atoms with van der Waals surface area (Å²) >= 11 is 0. The van der Waals surface area contributed by atoms with Gasteiger partial charge in [0.25, 0.3) is 0 Å². The van der Waals surface area contributed by atoms with Crippen LogP contribution in [0.25, 0.3) is 0 Å². The first-order chi connectivity index (χ1) is 8.26. The second kappa shape index (κ2) is 7.88. The maximum atomic E-state index is 11.7. The highest BCUT2D eigenvalue weighted by molar-refractivity contribution is 5.72. The van der Waals surface area contributed by atoms with Gasteiger partial charge in [-0.05, 0) is 18.4 Å². The average molecular weight is 234 g/mol. The summed E-state index contributed by atoms with van der Waals surface area (Å²) in [7, 11) is 0. The van der Waals surface area contributed by atoms with Crippen LogP contribution in [-0.2, 0) is 16.0 Å². The number of carbonyl (C=O) groups excluding carboxylic acids is 1. The molecule has 0 unspecified atom stereocenters. The number of esters is 1. The van der Waals surface area contributed by atoms with Gasteiger partial charge < -0.3 is 4.74 Å². The second-order valence-corrected chi connectivity index (χ2v) is 4.32. The largest absolute Gasteiger partial charge is 0.462 e. The van der Waals surface area contributed by atoms with E-state index in [1.807, 2.05) is 30.3 Å². The van der Waals surface area contributed by atoms with Crippen LogP contribution >= 0.6 is 0 Å². The second-order valence-electron chi connectivity index (χ2n) is 4.32. The molecule has 17 heavy (non-hydrogen) atoms. The van der Waals surface area contributed by atoms with E-state index < -0.39 is 0 Å². The minimum Gasteiger partial charge on any atom is -0.462 e. The van der Waals surface area contributed by atoms with Crippen molar-refractivity contribution in [3.63, 3.8) is 0 Å².